The van der Waals surface area contributed by atoms with Crippen molar-refractivity contribution in [2.45, 2.75) is 36.6 Å². The molecule has 5 heteroatoms. The Morgan fingerprint density at radius 2 is 2.11 bits per heavy atom. The summed E-state index contributed by atoms with van der Waals surface area (Å²) in [5.74, 6) is -0.711. The summed E-state index contributed by atoms with van der Waals surface area (Å²) in [5.41, 5.74) is 0.395. The minimum atomic E-state index is -0.510. The number of benzene rings is 1. The van der Waals surface area contributed by atoms with Gasteiger partial charge in [-0.3, -0.25) is 4.79 Å². The van der Waals surface area contributed by atoms with Crippen LogP contribution < -0.4 is 5.32 Å². The third-order valence-electron chi connectivity index (χ3n) is 3.18. The van der Waals surface area contributed by atoms with Gasteiger partial charge in [0.15, 0.2) is 0 Å². The Morgan fingerprint density at radius 1 is 1.39 bits per heavy atom. The summed E-state index contributed by atoms with van der Waals surface area (Å²) < 4.78 is 13.0. The van der Waals surface area contributed by atoms with E-state index in [1.54, 1.807) is 0 Å². The van der Waals surface area contributed by atoms with Crippen LogP contribution in [0, 0.1) is 5.82 Å². The zero-order chi connectivity index (χ0) is 13.1. The van der Waals surface area contributed by atoms with Gasteiger partial charge in [-0.1, -0.05) is 40.4 Å². The molecule has 0 heterocycles. The molecule has 2 atom stereocenters. The lowest BCUT2D eigenvalue weighted by Gasteiger charge is -2.28. The molecule has 1 aromatic carbocycles. The lowest BCUT2D eigenvalue weighted by atomic mass is 9.95. The second-order valence-electron chi connectivity index (χ2n) is 4.51. The molecule has 1 amide bonds. The van der Waals surface area contributed by atoms with E-state index in [1.165, 1.54) is 24.6 Å². The van der Waals surface area contributed by atoms with E-state index in [9.17, 15) is 9.18 Å². The van der Waals surface area contributed by atoms with Crippen LogP contribution in [0.4, 0.5) is 4.39 Å². The Bertz CT molecular complexity index is 455. The molecule has 0 saturated heterocycles. The lowest BCUT2D eigenvalue weighted by molar-refractivity contribution is 0.0930. The van der Waals surface area contributed by atoms with E-state index in [0.29, 0.717) is 10.4 Å². The van der Waals surface area contributed by atoms with Crippen LogP contribution in [0.5, 0.6) is 0 Å². The van der Waals surface area contributed by atoms with Crippen molar-refractivity contribution in [1.82, 2.24) is 5.32 Å². The van der Waals surface area contributed by atoms with Crippen LogP contribution >= 0.6 is 27.5 Å². The molecule has 18 heavy (non-hydrogen) atoms. The normalized spacial score (nSPS) is 23.7. The molecule has 1 aliphatic carbocycles. The number of carbonyl (C=O) groups is 1. The highest BCUT2D eigenvalue weighted by Gasteiger charge is 2.24. The monoisotopic (exact) mass is 333 g/mol. The molecule has 0 bridgehead atoms. The molecule has 1 fully saturated rings. The van der Waals surface area contributed by atoms with Crippen molar-refractivity contribution in [2.24, 2.45) is 0 Å². The van der Waals surface area contributed by atoms with Crippen molar-refractivity contribution >= 4 is 33.4 Å². The van der Waals surface area contributed by atoms with Gasteiger partial charge in [-0.15, -0.1) is 0 Å². The van der Waals surface area contributed by atoms with Gasteiger partial charge in [0.2, 0.25) is 0 Å². The van der Waals surface area contributed by atoms with Crippen molar-refractivity contribution < 1.29 is 9.18 Å². The van der Waals surface area contributed by atoms with Gasteiger partial charge in [0.05, 0.1) is 5.02 Å². The SMILES string of the molecule is O=C(NC1CCCCC1Br)c1ccc(F)c(Cl)c1. The van der Waals surface area contributed by atoms with Gasteiger partial charge < -0.3 is 5.32 Å². The van der Waals surface area contributed by atoms with Crippen LogP contribution in [0.15, 0.2) is 18.2 Å². The quantitative estimate of drug-likeness (QED) is 0.816. The third kappa shape index (κ3) is 3.23. The smallest absolute Gasteiger partial charge is 0.251 e. The van der Waals surface area contributed by atoms with E-state index >= 15 is 0 Å². The fourth-order valence-corrected chi connectivity index (χ4v) is 3.04. The molecule has 98 valence electrons. The number of hydrogen-bond donors (Lipinski definition) is 1. The Hall–Kier alpha value is -0.610. The number of nitrogens with one attached hydrogen (secondary N) is 1. The Labute approximate surface area is 119 Å². The molecule has 0 spiro atoms. The van der Waals surface area contributed by atoms with Gasteiger partial charge in [0.1, 0.15) is 5.82 Å². The maximum absolute atomic E-state index is 13.0. The summed E-state index contributed by atoms with van der Waals surface area (Å²) in [6.45, 7) is 0. The van der Waals surface area contributed by atoms with Gasteiger partial charge in [0.25, 0.3) is 5.91 Å². The fraction of sp³-hybridized carbons (Fsp3) is 0.462. The van der Waals surface area contributed by atoms with E-state index < -0.39 is 5.82 Å². The first-order chi connectivity index (χ1) is 8.58. The molecular weight excluding hydrogens is 321 g/mol. The standard InChI is InChI=1S/C13H14BrClFNO/c14-9-3-1-2-4-12(9)17-13(18)8-5-6-11(16)10(15)7-8/h5-7,9,12H,1-4H2,(H,17,18). The zero-order valence-electron chi connectivity index (χ0n) is 9.76. The van der Waals surface area contributed by atoms with Crippen LogP contribution in [-0.2, 0) is 0 Å². The van der Waals surface area contributed by atoms with Gasteiger partial charge in [0, 0.05) is 16.4 Å². The molecule has 0 radical (unpaired) electrons. The van der Waals surface area contributed by atoms with Crippen molar-refractivity contribution in [3.63, 3.8) is 0 Å². The van der Waals surface area contributed by atoms with Crippen LogP contribution in [0.3, 0.4) is 0 Å². The Balaban J connectivity index is 2.04. The molecule has 0 aliphatic heterocycles. The first-order valence-electron chi connectivity index (χ1n) is 5.98. The topological polar surface area (TPSA) is 29.1 Å². The number of hydrogen-bond acceptors (Lipinski definition) is 1. The molecule has 0 aromatic heterocycles. The predicted octanol–water partition coefficient (Wildman–Crippen LogP) is 3.92. The second-order valence-corrected chi connectivity index (χ2v) is 6.09. The van der Waals surface area contributed by atoms with E-state index in [0.717, 1.165) is 19.3 Å². The zero-order valence-corrected chi connectivity index (χ0v) is 12.1. The van der Waals surface area contributed by atoms with Crippen LogP contribution in [0.25, 0.3) is 0 Å². The number of halogens is 3. The predicted molar refractivity (Wildman–Crippen MR) is 73.8 cm³/mol. The van der Waals surface area contributed by atoms with Crippen LogP contribution in [0.2, 0.25) is 5.02 Å². The molecular formula is C13H14BrClFNO. The lowest BCUT2D eigenvalue weighted by Crippen LogP contribution is -2.42. The fourth-order valence-electron chi connectivity index (χ4n) is 2.14. The largest absolute Gasteiger partial charge is 0.348 e. The number of amides is 1. The minimum absolute atomic E-state index is 0.0262. The first-order valence-corrected chi connectivity index (χ1v) is 7.27. The van der Waals surface area contributed by atoms with E-state index in [1.807, 2.05) is 0 Å². The third-order valence-corrected chi connectivity index (χ3v) is 4.57. The number of carbonyl (C=O) groups excluding carboxylic acids is 1. The summed E-state index contributed by atoms with van der Waals surface area (Å²) in [6, 6.07) is 4.15. The second kappa shape index (κ2) is 6.02. The van der Waals surface area contributed by atoms with E-state index in [-0.39, 0.29) is 17.0 Å². The molecule has 1 N–H and O–H groups in total. The van der Waals surface area contributed by atoms with E-state index in [2.05, 4.69) is 21.2 Å². The molecule has 2 rings (SSSR count). The van der Waals surface area contributed by atoms with Crippen molar-refractivity contribution in [3.05, 3.63) is 34.6 Å². The summed E-state index contributed by atoms with van der Waals surface area (Å²) in [4.78, 5) is 12.3. The molecule has 1 saturated carbocycles. The van der Waals surface area contributed by atoms with Gasteiger partial charge in [-0.25, -0.2) is 4.39 Å². The van der Waals surface area contributed by atoms with Crippen molar-refractivity contribution in [3.8, 4) is 0 Å². The highest BCUT2D eigenvalue weighted by atomic mass is 79.9. The number of alkyl halides is 1. The Kier molecular flexibility index (Phi) is 4.62. The van der Waals surface area contributed by atoms with E-state index in [4.69, 9.17) is 11.6 Å². The number of rotatable bonds is 2. The summed E-state index contributed by atoms with van der Waals surface area (Å²) in [6.07, 6.45) is 4.34. The molecule has 1 aliphatic rings. The minimum Gasteiger partial charge on any atom is -0.348 e. The first kappa shape index (κ1) is 13.8. The van der Waals surface area contributed by atoms with Gasteiger partial charge in [-0.05, 0) is 31.0 Å². The highest BCUT2D eigenvalue weighted by molar-refractivity contribution is 9.09. The molecule has 1 aromatic rings. The molecule has 2 unspecified atom stereocenters. The maximum atomic E-state index is 13.0. The summed E-state index contributed by atoms with van der Waals surface area (Å²) >= 11 is 9.25. The Morgan fingerprint density at radius 3 is 2.78 bits per heavy atom. The van der Waals surface area contributed by atoms with Crippen LogP contribution in [-0.4, -0.2) is 16.8 Å². The maximum Gasteiger partial charge on any atom is 0.251 e. The van der Waals surface area contributed by atoms with Crippen molar-refractivity contribution in [2.75, 3.05) is 0 Å². The van der Waals surface area contributed by atoms with Gasteiger partial charge in [-0.2, -0.15) is 0 Å². The van der Waals surface area contributed by atoms with Gasteiger partial charge >= 0.3 is 0 Å². The highest BCUT2D eigenvalue weighted by Crippen LogP contribution is 2.25. The van der Waals surface area contributed by atoms with Crippen molar-refractivity contribution in [1.29, 1.82) is 0 Å². The summed E-state index contributed by atoms with van der Waals surface area (Å²) in [5, 5.41) is 2.94. The summed E-state index contributed by atoms with van der Waals surface area (Å²) in [7, 11) is 0. The average molecular weight is 335 g/mol. The van der Waals surface area contributed by atoms with Crippen LogP contribution in [0.1, 0.15) is 36.0 Å². The molecule has 2 nitrogen and oxygen atoms in total. The average Bonchev–Trinajstić information content (AvgIpc) is 2.35.